The van der Waals surface area contributed by atoms with Crippen LogP contribution in [0, 0.1) is 17.8 Å². The Morgan fingerprint density at radius 2 is 1.91 bits per heavy atom. The van der Waals surface area contributed by atoms with Gasteiger partial charge in [-0.25, -0.2) is 0 Å². The number of aliphatic hydroxyl groups is 3. The molecule has 1 fully saturated rings. The van der Waals surface area contributed by atoms with Crippen molar-refractivity contribution < 1.29 is 24.9 Å². The highest BCUT2D eigenvalue weighted by Crippen LogP contribution is 2.53. The zero-order valence-corrected chi connectivity index (χ0v) is 12.9. The molecule has 0 aromatic carbocycles. The molecule has 0 spiro atoms. The molecule has 3 aliphatic rings. The molecule has 22 heavy (non-hydrogen) atoms. The molecule has 0 aromatic heterocycles. The summed E-state index contributed by atoms with van der Waals surface area (Å²) in [7, 11) is 0. The SMILES string of the molecule is CC1=C[C@H]2[C@@]3(O)[C@H](C)CC(=O)C[C@@H]3C=C(CO)C[C@]2(O)C1=O. The Balaban J connectivity index is 2.18. The van der Waals surface area contributed by atoms with Crippen molar-refractivity contribution in [2.45, 2.75) is 44.3 Å². The third-order valence-electron chi connectivity index (χ3n) is 5.68. The number of rotatable bonds is 1. The van der Waals surface area contributed by atoms with E-state index in [0.29, 0.717) is 11.1 Å². The predicted octanol–water partition coefficient (Wildman–Crippen LogP) is 0.531. The molecule has 0 amide bonds. The van der Waals surface area contributed by atoms with Crippen LogP contribution in [0.5, 0.6) is 0 Å². The first-order valence-electron chi connectivity index (χ1n) is 7.73. The quantitative estimate of drug-likeness (QED) is 0.614. The van der Waals surface area contributed by atoms with E-state index in [2.05, 4.69) is 0 Å². The second kappa shape index (κ2) is 4.85. The summed E-state index contributed by atoms with van der Waals surface area (Å²) in [5, 5.41) is 32.0. The Kier molecular flexibility index (Phi) is 3.43. The second-order valence-electron chi connectivity index (χ2n) is 7.08. The number of carbonyl (C=O) groups excluding carboxylic acids is 2. The maximum absolute atomic E-state index is 12.5. The molecule has 0 unspecified atom stereocenters. The van der Waals surface area contributed by atoms with Crippen molar-refractivity contribution in [2.75, 3.05) is 6.61 Å². The summed E-state index contributed by atoms with van der Waals surface area (Å²) >= 11 is 0. The topological polar surface area (TPSA) is 94.8 Å². The van der Waals surface area contributed by atoms with Crippen molar-refractivity contribution in [3.63, 3.8) is 0 Å². The van der Waals surface area contributed by atoms with Crippen molar-refractivity contribution >= 4 is 11.6 Å². The first-order chi connectivity index (χ1) is 10.2. The summed E-state index contributed by atoms with van der Waals surface area (Å²) in [6.45, 7) is 3.12. The van der Waals surface area contributed by atoms with E-state index in [9.17, 15) is 24.9 Å². The normalized spacial score (nSPS) is 44.9. The fourth-order valence-corrected chi connectivity index (χ4v) is 4.54. The minimum atomic E-state index is -1.73. The van der Waals surface area contributed by atoms with Crippen LogP contribution in [0.4, 0.5) is 0 Å². The van der Waals surface area contributed by atoms with Gasteiger partial charge >= 0.3 is 0 Å². The van der Waals surface area contributed by atoms with Gasteiger partial charge in [0.1, 0.15) is 11.4 Å². The van der Waals surface area contributed by atoms with Crippen LogP contribution in [-0.2, 0) is 9.59 Å². The zero-order valence-electron chi connectivity index (χ0n) is 12.9. The van der Waals surface area contributed by atoms with E-state index in [1.54, 1.807) is 26.0 Å². The number of carbonyl (C=O) groups is 2. The van der Waals surface area contributed by atoms with Crippen molar-refractivity contribution in [3.8, 4) is 0 Å². The zero-order chi connectivity index (χ0) is 16.3. The molecule has 5 heteroatoms. The number of aliphatic hydroxyl groups excluding tert-OH is 1. The lowest BCUT2D eigenvalue weighted by atomic mass is 9.60. The molecule has 120 valence electrons. The minimum absolute atomic E-state index is 0.000556. The lowest BCUT2D eigenvalue weighted by Gasteiger charge is -2.48. The molecule has 1 saturated carbocycles. The third kappa shape index (κ3) is 1.89. The molecule has 5 nitrogen and oxygen atoms in total. The molecule has 3 N–H and O–H groups in total. The van der Waals surface area contributed by atoms with Gasteiger partial charge in [-0.05, 0) is 24.0 Å². The van der Waals surface area contributed by atoms with Gasteiger partial charge in [0.25, 0.3) is 0 Å². The van der Waals surface area contributed by atoms with Gasteiger partial charge in [-0.2, -0.15) is 0 Å². The van der Waals surface area contributed by atoms with Crippen LogP contribution < -0.4 is 0 Å². The van der Waals surface area contributed by atoms with Gasteiger partial charge in [-0.3, -0.25) is 9.59 Å². The van der Waals surface area contributed by atoms with Crippen LogP contribution >= 0.6 is 0 Å². The number of Topliss-reactive ketones (excluding diaryl/α,β-unsaturated/α-hetero) is 2. The monoisotopic (exact) mass is 306 g/mol. The average Bonchev–Trinajstić information content (AvgIpc) is 2.62. The average molecular weight is 306 g/mol. The number of hydrogen-bond donors (Lipinski definition) is 3. The van der Waals surface area contributed by atoms with Crippen molar-refractivity contribution in [3.05, 3.63) is 23.3 Å². The first kappa shape index (κ1) is 15.6. The van der Waals surface area contributed by atoms with Crippen LogP contribution in [0.2, 0.25) is 0 Å². The van der Waals surface area contributed by atoms with E-state index in [1.807, 2.05) is 0 Å². The molecule has 3 aliphatic carbocycles. The molecule has 0 aliphatic heterocycles. The van der Waals surface area contributed by atoms with Gasteiger partial charge in [0.15, 0.2) is 5.78 Å². The summed E-state index contributed by atoms with van der Waals surface area (Å²) in [6.07, 6.45) is 3.76. The maximum Gasteiger partial charge on any atom is 0.190 e. The summed E-state index contributed by atoms with van der Waals surface area (Å²) in [4.78, 5) is 24.4. The largest absolute Gasteiger partial charge is 0.392 e. The molecular weight excluding hydrogens is 284 g/mol. The number of hydrogen-bond acceptors (Lipinski definition) is 5. The van der Waals surface area contributed by atoms with Crippen molar-refractivity contribution in [1.29, 1.82) is 0 Å². The molecule has 0 heterocycles. The highest BCUT2D eigenvalue weighted by Gasteiger charge is 2.63. The summed E-state index contributed by atoms with van der Waals surface area (Å²) in [6, 6.07) is 0. The van der Waals surface area contributed by atoms with E-state index in [0.717, 1.165) is 0 Å². The lowest BCUT2D eigenvalue weighted by molar-refractivity contribution is -0.170. The molecular formula is C17H22O5. The second-order valence-corrected chi connectivity index (χ2v) is 7.08. The van der Waals surface area contributed by atoms with Crippen LogP contribution in [0.1, 0.15) is 33.1 Å². The maximum atomic E-state index is 12.5. The van der Waals surface area contributed by atoms with Gasteiger partial charge in [0.2, 0.25) is 0 Å². The molecule has 0 aromatic rings. The van der Waals surface area contributed by atoms with E-state index in [4.69, 9.17) is 0 Å². The van der Waals surface area contributed by atoms with Crippen LogP contribution in [0.15, 0.2) is 23.3 Å². The van der Waals surface area contributed by atoms with E-state index >= 15 is 0 Å². The number of fused-ring (bicyclic) bond motifs is 3. The van der Waals surface area contributed by atoms with E-state index < -0.39 is 28.8 Å². The highest BCUT2D eigenvalue weighted by atomic mass is 16.3. The smallest absolute Gasteiger partial charge is 0.190 e. The minimum Gasteiger partial charge on any atom is -0.392 e. The Morgan fingerprint density at radius 3 is 2.55 bits per heavy atom. The molecule has 0 saturated heterocycles. The summed E-state index contributed by atoms with van der Waals surface area (Å²) in [5.41, 5.74) is -2.14. The summed E-state index contributed by atoms with van der Waals surface area (Å²) in [5.74, 6) is -1.93. The van der Waals surface area contributed by atoms with Gasteiger partial charge in [-0.1, -0.05) is 19.1 Å². The van der Waals surface area contributed by atoms with Gasteiger partial charge in [-0.15, -0.1) is 0 Å². The van der Waals surface area contributed by atoms with E-state index in [-0.39, 0.29) is 37.6 Å². The Morgan fingerprint density at radius 1 is 1.23 bits per heavy atom. The predicted molar refractivity (Wildman–Crippen MR) is 78.8 cm³/mol. The molecule has 3 rings (SSSR count). The Labute approximate surface area is 129 Å². The Hall–Kier alpha value is -1.30. The fourth-order valence-electron chi connectivity index (χ4n) is 4.54. The third-order valence-corrected chi connectivity index (χ3v) is 5.68. The van der Waals surface area contributed by atoms with Gasteiger partial charge in [0, 0.05) is 31.1 Å². The molecule has 0 bridgehead atoms. The highest BCUT2D eigenvalue weighted by molar-refractivity contribution is 6.05. The standard InChI is InChI=1S/C17H22O5/c1-9-3-14-16(21,15(9)20)7-11(8-18)5-12-6-13(19)4-10(2)17(12,14)22/h3,5,10,12,14,18,21-22H,4,6-8H2,1-2H3/t10-,12+,14-,16-,17-/m1/s1. The van der Waals surface area contributed by atoms with Crippen LogP contribution in [-0.4, -0.2) is 44.7 Å². The number of ketones is 2. The van der Waals surface area contributed by atoms with E-state index in [1.165, 1.54) is 0 Å². The van der Waals surface area contributed by atoms with Crippen molar-refractivity contribution in [1.82, 2.24) is 0 Å². The van der Waals surface area contributed by atoms with Crippen LogP contribution in [0.25, 0.3) is 0 Å². The molecule has 0 radical (unpaired) electrons. The van der Waals surface area contributed by atoms with Gasteiger partial charge < -0.3 is 15.3 Å². The first-order valence-corrected chi connectivity index (χ1v) is 7.73. The molecule has 5 atom stereocenters. The Bertz CT molecular complexity index is 604. The summed E-state index contributed by atoms with van der Waals surface area (Å²) < 4.78 is 0. The van der Waals surface area contributed by atoms with Crippen molar-refractivity contribution in [2.24, 2.45) is 17.8 Å². The van der Waals surface area contributed by atoms with Gasteiger partial charge in [0.05, 0.1) is 12.2 Å². The fraction of sp³-hybridized carbons (Fsp3) is 0.647. The van der Waals surface area contributed by atoms with Crippen LogP contribution in [0.3, 0.4) is 0 Å². The lowest BCUT2D eigenvalue weighted by Crippen LogP contribution is -2.59.